The molecule has 0 aromatic heterocycles. The molecule has 0 heterocycles. The number of esters is 1. The molecule has 0 fully saturated rings. The Labute approximate surface area is 140 Å². The lowest BCUT2D eigenvalue weighted by atomic mass is 10.1. The largest absolute Gasteiger partial charge is 0.487 e. The molecule has 1 atom stereocenters. The van der Waals surface area contributed by atoms with E-state index < -0.39 is 12.1 Å². The summed E-state index contributed by atoms with van der Waals surface area (Å²) in [6, 6.07) is 12.9. The second-order valence-corrected chi connectivity index (χ2v) is 5.48. The van der Waals surface area contributed by atoms with Crippen LogP contribution in [0, 0.1) is 6.92 Å². The first-order valence-corrected chi connectivity index (χ1v) is 7.72. The molecule has 2 aromatic carbocycles. The fourth-order valence-corrected chi connectivity index (χ4v) is 2.51. The molecule has 0 radical (unpaired) electrons. The van der Waals surface area contributed by atoms with Gasteiger partial charge in [0.25, 0.3) is 0 Å². The minimum absolute atomic E-state index is 0.209. The van der Waals surface area contributed by atoms with E-state index in [4.69, 9.17) is 21.1 Å². The Hall–Kier alpha value is -2.04. The zero-order valence-corrected chi connectivity index (χ0v) is 13.8. The number of aliphatic hydroxyl groups is 1. The number of ether oxygens (including phenoxy) is 2. The number of hydrogen-bond acceptors (Lipinski definition) is 4. The number of carbonyl (C=O) groups is 1. The van der Waals surface area contributed by atoms with Gasteiger partial charge in [0, 0.05) is 0 Å². The van der Waals surface area contributed by atoms with Crippen LogP contribution in [-0.4, -0.2) is 17.7 Å². The molecule has 0 saturated heterocycles. The first-order valence-electron chi connectivity index (χ1n) is 7.34. The minimum Gasteiger partial charge on any atom is -0.487 e. The molecule has 2 aromatic rings. The lowest BCUT2D eigenvalue weighted by Gasteiger charge is -2.15. The molecule has 0 aliphatic rings. The van der Waals surface area contributed by atoms with E-state index >= 15 is 0 Å². The third-order valence-corrected chi connectivity index (χ3v) is 3.58. The number of aryl methyl sites for hydroxylation is 1. The topological polar surface area (TPSA) is 55.8 Å². The van der Waals surface area contributed by atoms with E-state index in [0.717, 1.165) is 11.1 Å². The smallest absolute Gasteiger partial charge is 0.339 e. The summed E-state index contributed by atoms with van der Waals surface area (Å²) in [6.07, 6.45) is -1.35. The predicted molar refractivity (Wildman–Crippen MR) is 88.6 cm³/mol. The van der Waals surface area contributed by atoms with Gasteiger partial charge in [-0.3, -0.25) is 0 Å². The second-order valence-electron chi connectivity index (χ2n) is 5.08. The number of hydrogen-bond donors (Lipinski definition) is 1. The molecular weight excluding hydrogens is 316 g/mol. The van der Waals surface area contributed by atoms with E-state index in [1.165, 1.54) is 6.07 Å². The summed E-state index contributed by atoms with van der Waals surface area (Å²) < 4.78 is 10.6. The SMILES string of the molecule is CCOC(=O)C(O)c1cc(C)c(OCc2ccccc2)c(Cl)c1. The quantitative estimate of drug-likeness (QED) is 0.816. The highest BCUT2D eigenvalue weighted by molar-refractivity contribution is 6.32. The van der Waals surface area contributed by atoms with Gasteiger partial charge >= 0.3 is 5.97 Å². The van der Waals surface area contributed by atoms with Gasteiger partial charge in [-0.25, -0.2) is 4.79 Å². The van der Waals surface area contributed by atoms with E-state index in [9.17, 15) is 9.90 Å². The Morgan fingerprint density at radius 2 is 1.96 bits per heavy atom. The minimum atomic E-state index is -1.35. The van der Waals surface area contributed by atoms with Crippen LogP contribution in [0.3, 0.4) is 0 Å². The molecule has 0 amide bonds. The van der Waals surface area contributed by atoms with E-state index in [1.807, 2.05) is 37.3 Å². The van der Waals surface area contributed by atoms with Gasteiger partial charge in [-0.1, -0.05) is 41.9 Å². The maximum Gasteiger partial charge on any atom is 0.339 e. The van der Waals surface area contributed by atoms with Gasteiger partial charge in [-0.2, -0.15) is 0 Å². The van der Waals surface area contributed by atoms with Crippen LogP contribution in [0.1, 0.15) is 29.7 Å². The standard InChI is InChI=1S/C18H19ClO4/c1-3-22-18(21)16(20)14-9-12(2)17(15(19)10-14)23-11-13-7-5-4-6-8-13/h4-10,16,20H,3,11H2,1-2H3. The average molecular weight is 335 g/mol. The summed E-state index contributed by atoms with van der Waals surface area (Å²) in [7, 11) is 0. The molecule has 0 bridgehead atoms. The van der Waals surface area contributed by atoms with Gasteiger partial charge in [0.05, 0.1) is 11.6 Å². The van der Waals surface area contributed by atoms with Gasteiger partial charge in [-0.05, 0) is 42.7 Å². The van der Waals surface area contributed by atoms with Crippen molar-refractivity contribution in [2.24, 2.45) is 0 Å². The molecule has 23 heavy (non-hydrogen) atoms. The highest BCUT2D eigenvalue weighted by Gasteiger charge is 2.21. The molecule has 0 aliphatic heterocycles. The van der Waals surface area contributed by atoms with Crippen LogP contribution in [0.25, 0.3) is 0 Å². The predicted octanol–water partition coefficient (Wildman–Crippen LogP) is 3.82. The average Bonchev–Trinajstić information content (AvgIpc) is 2.54. The van der Waals surface area contributed by atoms with Crippen molar-refractivity contribution in [3.05, 3.63) is 64.2 Å². The zero-order chi connectivity index (χ0) is 16.8. The molecule has 122 valence electrons. The van der Waals surface area contributed by atoms with Crippen LogP contribution < -0.4 is 4.74 Å². The summed E-state index contributed by atoms with van der Waals surface area (Å²) in [5.74, 6) is -0.156. The van der Waals surface area contributed by atoms with Crippen molar-refractivity contribution >= 4 is 17.6 Å². The van der Waals surface area contributed by atoms with Crippen LogP contribution in [0.4, 0.5) is 0 Å². The molecule has 0 spiro atoms. The van der Waals surface area contributed by atoms with Crippen molar-refractivity contribution < 1.29 is 19.4 Å². The first-order chi connectivity index (χ1) is 11.0. The number of rotatable bonds is 6. The van der Waals surface area contributed by atoms with Gasteiger partial charge in [0.2, 0.25) is 0 Å². The first kappa shape index (κ1) is 17.3. The fourth-order valence-electron chi connectivity index (χ4n) is 2.19. The van der Waals surface area contributed by atoms with Crippen LogP contribution >= 0.6 is 11.6 Å². The number of benzene rings is 2. The number of aliphatic hydroxyl groups excluding tert-OH is 1. The van der Waals surface area contributed by atoms with Crippen LogP contribution in [-0.2, 0) is 16.1 Å². The van der Waals surface area contributed by atoms with Crippen molar-refractivity contribution in [3.63, 3.8) is 0 Å². The third-order valence-electron chi connectivity index (χ3n) is 3.30. The maximum absolute atomic E-state index is 11.6. The Kier molecular flexibility index (Phi) is 6.02. The highest BCUT2D eigenvalue weighted by Crippen LogP contribution is 2.33. The monoisotopic (exact) mass is 334 g/mol. The van der Waals surface area contributed by atoms with Gasteiger partial charge in [-0.15, -0.1) is 0 Å². The molecule has 0 aliphatic carbocycles. The second kappa shape index (κ2) is 7.99. The lowest BCUT2D eigenvalue weighted by molar-refractivity contribution is -0.153. The van der Waals surface area contributed by atoms with Gasteiger partial charge < -0.3 is 14.6 Å². The van der Waals surface area contributed by atoms with Crippen LogP contribution in [0.2, 0.25) is 5.02 Å². The van der Waals surface area contributed by atoms with Crippen molar-refractivity contribution in [1.82, 2.24) is 0 Å². The van der Waals surface area contributed by atoms with Gasteiger partial charge in [0.1, 0.15) is 12.4 Å². The normalized spacial score (nSPS) is 11.8. The van der Waals surface area contributed by atoms with E-state index in [1.54, 1.807) is 13.0 Å². The van der Waals surface area contributed by atoms with Crippen LogP contribution in [0.5, 0.6) is 5.75 Å². The number of carbonyl (C=O) groups excluding carboxylic acids is 1. The van der Waals surface area contributed by atoms with E-state index in [-0.39, 0.29) is 6.61 Å². The molecule has 0 saturated carbocycles. The zero-order valence-electron chi connectivity index (χ0n) is 13.1. The molecule has 1 N–H and O–H groups in total. The Bertz CT molecular complexity index is 647. The Morgan fingerprint density at radius 3 is 2.57 bits per heavy atom. The Morgan fingerprint density at radius 1 is 1.26 bits per heavy atom. The molecule has 2 rings (SSSR count). The van der Waals surface area contributed by atoms with E-state index in [0.29, 0.717) is 22.9 Å². The van der Waals surface area contributed by atoms with Crippen molar-refractivity contribution in [2.45, 2.75) is 26.6 Å². The Balaban J connectivity index is 2.15. The molecule has 1 unspecified atom stereocenters. The van der Waals surface area contributed by atoms with Gasteiger partial charge in [0.15, 0.2) is 6.10 Å². The number of halogens is 1. The fraction of sp³-hybridized carbons (Fsp3) is 0.278. The lowest BCUT2D eigenvalue weighted by Crippen LogP contribution is -2.15. The van der Waals surface area contributed by atoms with E-state index in [2.05, 4.69) is 0 Å². The summed E-state index contributed by atoms with van der Waals surface area (Å²) in [4.78, 5) is 11.6. The molecular formula is C18H19ClO4. The highest BCUT2D eigenvalue weighted by atomic mass is 35.5. The molecule has 5 heteroatoms. The molecule has 4 nitrogen and oxygen atoms in total. The summed E-state index contributed by atoms with van der Waals surface area (Å²) in [6.45, 7) is 4.10. The maximum atomic E-state index is 11.6. The van der Waals surface area contributed by atoms with Crippen molar-refractivity contribution in [3.8, 4) is 5.75 Å². The van der Waals surface area contributed by atoms with Crippen molar-refractivity contribution in [2.75, 3.05) is 6.61 Å². The van der Waals surface area contributed by atoms with Crippen molar-refractivity contribution in [1.29, 1.82) is 0 Å². The summed E-state index contributed by atoms with van der Waals surface area (Å²) >= 11 is 6.24. The summed E-state index contributed by atoms with van der Waals surface area (Å²) in [5, 5.41) is 10.3. The third kappa shape index (κ3) is 4.47. The van der Waals surface area contributed by atoms with Crippen LogP contribution in [0.15, 0.2) is 42.5 Å². The summed E-state index contributed by atoms with van der Waals surface area (Å²) in [5.41, 5.74) is 2.16.